The Labute approximate surface area is 132 Å². The first-order valence-corrected chi connectivity index (χ1v) is 8.49. The van der Waals surface area contributed by atoms with E-state index in [-0.39, 0.29) is 0 Å². The molecule has 0 aliphatic carbocycles. The van der Waals surface area contributed by atoms with Crippen molar-refractivity contribution in [2.75, 3.05) is 0 Å². The Hall–Kier alpha value is -1.23. The van der Waals surface area contributed by atoms with E-state index in [0.717, 1.165) is 12.1 Å². The van der Waals surface area contributed by atoms with Crippen molar-refractivity contribution in [1.82, 2.24) is 19.6 Å². The molecule has 2 aromatic rings. The van der Waals surface area contributed by atoms with Crippen LogP contribution in [0.4, 0.5) is 0 Å². The summed E-state index contributed by atoms with van der Waals surface area (Å²) in [6, 6.07) is 0. The number of hydrogen-bond donors (Lipinski definition) is 1. The molecule has 2 aromatic heterocycles. The van der Waals surface area contributed by atoms with Crippen LogP contribution in [0.15, 0.2) is 0 Å². The van der Waals surface area contributed by atoms with E-state index in [2.05, 4.69) is 35.8 Å². The standard InChI is InChI=1S/C16H26N4S/c1-4-5-6-7-8-9-10-11-14-12(2)17-15-18-16(21)19-20(15)13(14)3/h4-11H2,1-3H3,(H,19,21). The third kappa shape index (κ3) is 4.13. The number of hydrogen-bond acceptors (Lipinski definition) is 3. The Bertz CT molecular complexity index is 641. The molecular weight excluding hydrogens is 280 g/mol. The third-order valence-electron chi connectivity index (χ3n) is 4.12. The van der Waals surface area contributed by atoms with E-state index in [9.17, 15) is 0 Å². The maximum Gasteiger partial charge on any atom is 0.252 e. The van der Waals surface area contributed by atoms with Crippen LogP contribution in [0.5, 0.6) is 0 Å². The van der Waals surface area contributed by atoms with Gasteiger partial charge in [-0.3, -0.25) is 5.10 Å². The average Bonchev–Trinajstić information content (AvgIpc) is 2.81. The quantitative estimate of drug-likeness (QED) is 0.568. The highest BCUT2D eigenvalue weighted by molar-refractivity contribution is 7.71. The van der Waals surface area contributed by atoms with Crippen molar-refractivity contribution >= 4 is 18.0 Å². The molecule has 0 aromatic carbocycles. The van der Waals surface area contributed by atoms with Gasteiger partial charge in [-0.05, 0) is 44.5 Å². The highest BCUT2D eigenvalue weighted by Gasteiger charge is 2.10. The molecular formula is C16H26N4S. The SMILES string of the molecule is CCCCCCCCCc1c(C)nc2nc(=S)[nH]n2c1C. The zero-order chi connectivity index (χ0) is 15.2. The van der Waals surface area contributed by atoms with E-state index in [4.69, 9.17) is 12.2 Å². The topological polar surface area (TPSA) is 46.0 Å². The van der Waals surface area contributed by atoms with Gasteiger partial charge in [0.1, 0.15) is 0 Å². The summed E-state index contributed by atoms with van der Waals surface area (Å²) in [6.45, 7) is 6.45. The van der Waals surface area contributed by atoms with Crippen molar-refractivity contribution in [3.05, 3.63) is 21.7 Å². The Balaban J connectivity index is 1.94. The van der Waals surface area contributed by atoms with Gasteiger partial charge in [-0.2, -0.15) is 4.98 Å². The first-order valence-electron chi connectivity index (χ1n) is 8.08. The molecule has 4 nitrogen and oxygen atoms in total. The first kappa shape index (κ1) is 16.1. The van der Waals surface area contributed by atoms with Crippen LogP contribution in [-0.4, -0.2) is 19.6 Å². The molecule has 0 aliphatic rings. The lowest BCUT2D eigenvalue weighted by atomic mass is 10.0. The molecule has 0 saturated heterocycles. The van der Waals surface area contributed by atoms with Crippen LogP contribution in [0.25, 0.3) is 5.78 Å². The summed E-state index contributed by atoms with van der Waals surface area (Å²) < 4.78 is 2.41. The van der Waals surface area contributed by atoms with Crippen LogP contribution in [0.1, 0.15) is 68.8 Å². The minimum Gasteiger partial charge on any atom is -0.265 e. The molecule has 2 heterocycles. The fourth-order valence-electron chi connectivity index (χ4n) is 2.86. The van der Waals surface area contributed by atoms with Crippen molar-refractivity contribution in [2.45, 2.75) is 72.1 Å². The second kappa shape index (κ2) is 7.69. The third-order valence-corrected chi connectivity index (χ3v) is 4.30. The van der Waals surface area contributed by atoms with E-state index in [1.54, 1.807) is 0 Å². The zero-order valence-electron chi connectivity index (χ0n) is 13.4. The largest absolute Gasteiger partial charge is 0.265 e. The summed E-state index contributed by atoms with van der Waals surface area (Å²) in [4.78, 5) is 8.78. The predicted octanol–water partition coefficient (Wildman–Crippen LogP) is 4.70. The number of aromatic amines is 1. The Morgan fingerprint density at radius 3 is 2.38 bits per heavy atom. The van der Waals surface area contributed by atoms with Crippen LogP contribution >= 0.6 is 12.2 Å². The van der Waals surface area contributed by atoms with Gasteiger partial charge in [0, 0.05) is 11.4 Å². The molecule has 0 fully saturated rings. The maximum atomic E-state index is 5.09. The van der Waals surface area contributed by atoms with Gasteiger partial charge in [-0.15, -0.1) is 0 Å². The second-order valence-electron chi connectivity index (χ2n) is 5.80. The molecule has 0 spiro atoms. The zero-order valence-corrected chi connectivity index (χ0v) is 14.2. The van der Waals surface area contributed by atoms with E-state index >= 15 is 0 Å². The van der Waals surface area contributed by atoms with Gasteiger partial charge in [0.25, 0.3) is 5.78 Å². The number of H-pyrrole nitrogens is 1. The molecule has 0 saturated carbocycles. The van der Waals surface area contributed by atoms with E-state index in [1.807, 2.05) is 4.52 Å². The average molecular weight is 306 g/mol. The summed E-state index contributed by atoms with van der Waals surface area (Å²) >= 11 is 5.09. The Morgan fingerprint density at radius 1 is 1.00 bits per heavy atom. The van der Waals surface area contributed by atoms with Gasteiger partial charge in [-0.1, -0.05) is 45.4 Å². The molecule has 0 radical (unpaired) electrons. The summed E-state index contributed by atoms with van der Waals surface area (Å²) in [5.41, 5.74) is 3.60. The summed E-state index contributed by atoms with van der Waals surface area (Å²) in [6.07, 6.45) is 10.4. The lowest BCUT2D eigenvalue weighted by molar-refractivity contribution is 0.587. The number of nitrogens with one attached hydrogen (secondary N) is 1. The second-order valence-corrected chi connectivity index (χ2v) is 6.18. The molecule has 0 amide bonds. The molecule has 2 rings (SSSR count). The normalized spacial score (nSPS) is 11.4. The van der Waals surface area contributed by atoms with Gasteiger partial charge < -0.3 is 0 Å². The fourth-order valence-corrected chi connectivity index (χ4v) is 3.03. The molecule has 0 bridgehead atoms. The molecule has 1 N–H and O–H groups in total. The van der Waals surface area contributed by atoms with Gasteiger partial charge in [0.05, 0.1) is 0 Å². The van der Waals surface area contributed by atoms with E-state index < -0.39 is 0 Å². The van der Waals surface area contributed by atoms with Crippen LogP contribution in [0, 0.1) is 18.6 Å². The summed E-state index contributed by atoms with van der Waals surface area (Å²) in [7, 11) is 0. The van der Waals surface area contributed by atoms with Crippen molar-refractivity contribution < 1.29 is 0 Å². The highest BCUT2D eigenvalue weighted by atomic mass is 32.1. The van der Waals surface area contributed by atoms with E-state index in [0.29, 0.717) is 10.5 Å². The summed E-state index contributed by atoms with van der Waals surface area (Å²) in [5.74, 6) is 0.679. The van der Waals surface area contributed by atoms with Crippen molar-refractivity contribution in [2.24, 2.45) is 0 Å². The van der Waals surface area contributed by atoms with E-state index in [1.165, 1.54) is 56.2 Å². The lowest BCUT2D eigenvalue weighted by Gasteiger charge is -2.10. The Morgan fingerprint density at radius 2 is 1.67 bits per heavy atom. The maximum absolute atomic E-state index is 5.09. The number of unbranched alkanes of at least 4 members (excludes halogenated alkanes) is 6. The number of rotatable bonds is 8. The van der Waals surface area contributed by atoms with Crippen molar-refractivity contribution in [1.29, 1.82) is 0 Å². The number of fused-ring (bicyclic) bond motifs is 1. The highest BCUT2D eigenvalue weighted by Crippen LogP contribution is 2.17. The molecule has 5 heteroatoms. The molecule has 0 aliphatic heterocycles. The fraction of sp³-hybridized carbons (Fsp3) is 0.688. The van der Waals surface area contributed by atoms with Crippen LogP contribution in [0.3, 0.4) is 0 Å². The minimum atomic E-state index is 0.498. The van der Waals surface area contributed by atoms with Gasteiger partial charge in [0.15, 0.2) is 0 Å². The lowest BCUT2D eigenvalue weighted by Crippen LogP contribution is -2.05. The smallest absolute Gasteiger partial charge is 0.252 e. The molecule has 0 atom stereocenters. The minimum absolute atomic E-state index is 0.498. The van der Waals surface area contributed by atoms with Crippen LogP contribution in [0.2, 0.25) is 0 Å². The van der Waals surface area contributed by atoms with Gasteiger partial charge in [0.2, 0.25) is 4.77 Å². The monoisotopic (exact) mass is 306 g/mol. The van der Waals surface area contributed by atoms with Gasteiger partial charge >= 0.3 is 0 Å². The predicted molar refractivity (Wildman–Crippen MR) is 89.3 cm³/mol. The summed E-state index contributed by atoms with van der Waals surface area (Å²) in [5, 5.41) is 3.08. The van der Waals surface area contributed by atoms with Crippen LogP contribution in [-0.2, 0) is 6.42 Å². The molecule has 0 unspecified atom stereocenters. The Kier molecular flexibility index (Phi) is 5.91. The van der Waals surface area contributed by atoms with Crippen molar-refractivity contribution in [3.8, 4) is 0 Å². The number of aryl methyl sites for hydroxylation is 2. The molecule has 116 valence electrons. The number of nitrogens with zero attached hydrogens (tertiary/aromatic N) is 3. The van der Waals surface area contributed by atoms with Crippen molar-refractivity contribution in [3.63, 3.8) is 0 Å². The number of aromatic nitrogens is 4. The first-order chi connectivity index (χ1) is 10.1. The molecule has 21 heavy (non-hydrogen) atoms. The van der Waals surface area contributed by atoms with Gasteiger partial charge in [-0.25, -0.2) is 9.50 Å². The van der Waals surface area contributed by atoms with Crippen LogP contribution < -0.4 is 0 Å².